The highest BCUT2D eigenvalue weighted by molar-refractivity contribution is 7.80. The predicted molar refractivity (Wildman–Crippen MR) is 97.5 cm³/mol. The number of hydrogen-bond acceptors (Lipinski definition) is 5. The molecule has 3 N–H and O–H groups in total. The smallest absolute Gasteiger partial charge is 0.269 e. The van der Waals surface area contributed by atoms with Crippen LogP contribution in [0.5, 0.6) is 11.5 Å². The van der Waals surface area contributed by atoms with Gasteiger partial charge in [0.2, 0.25) is 5.91 Å². The third-order valence-electron chi connectivity index (χ3n) is 4.15. The summed E-state index contributed by atoms with van der Waals surface area (Å²) in [4.78, 5) is 24.3. The number of nitrogens with one attached hydrogen (secondary N) is 3. The van der Waals surface area contributed by atoms with Crippen LogP contribution in [0.2, 0.25) is 0 Å². The van der Waals surface area contributed by atoms with E-state index in [1.807, 2.05) is 0 Å². The molecule has 25 heavy (non-hydrogen) atoms. The van der Waals surface area contributed by atoms with Crippen LogP contribution in [0.25, 0.3) is 0 Å². The van der Waals surface area contributed by atoms with Crippen molar-refractivity contribution in [2.45, 2.75) is 32.1 Å². The molecule has 2 amide bonds. The lowest BCUT2D eigenvalue weighted by Crippen LogP contribution is -2.49. The van der Waals surface area contributed by atoms with Crippen molar-refractivity contribution in [1.29, 1.82) is 0 Å². The van der Waals surface area contributed by atoms with E-state index >= 15 is 0 Å². The monoisotopic (exact) mass is 365 g/mol. The predicted octanol–water partition coefficient (Wildman–Crippen LogP) is 1.92. The summed E-state index contributed by atoms with van der Waals surface area (Å²) in [5.74, 6) is 0.466. The number of hydrazine groups is 1. The van der Waals surface area contributed by atoms with Crippen LogP contribution < -0.4 is 25.6 Å². The lowest BCUT2D eigenvalue weighted by atomic mass is 9.89. The molecular formula is C17H23N3O4S. The molecule has 2 rings (SSSR count). The van der Waals surface area contributed by atoms with E-state index in [2.05, 4.69) is 16.2 Å². The standard InChI is InChI=1S/C17H23N3O4S/c1-23-13-9-8-12(10-14(13)24-2)16(22)19-20-17(25)18-15(21)11-6-4-3-5-7-11/h8-11H,3-7H2,1-2H3,(H,19,22)(H2,18,20,21,25). The van der Waals surface area contributed by atoms with E-state index in [1.54, 1.807) is 18.2 Å². The van der Waals surface area contributed by atoms with Crippen molar-refractivity contribution in [3.63, 3.8) is 0 Å². The van der Waals surface area contributed by atoms with Gasteiger partial charge in [0.05, 0.1) is 14.2 Å². The Labute approximate surface area is 152 Å². The van der Waals surface area contributed by atoms with Gasteiger partial charge < -0.3 is 14.8 Å². The maximum Gasteiger partial charge on any atom is 0.269 e. The van der Waals surface area contributed by atoms with Gasteiger partial charge in [-0.2, -0.15) is 0 Å². The van der Waals surface area contributed by atoms with Crippen molar-refractivity contribution < 1.29 is 19.1 Å². The van der Waals surface area contributed by atoms with Gasteiger partial charge in [0.25, 0.3) is 5.91 Å². The quantitative estimate of drug-likeness (QED) is 0.558. The molecule has 0 radical (unpaired) electrons. The molecule has 0 bridgehead atoms. The van der Waals surface area contributed by atoms with Crippen LogP contribution in [0, 0.1) is 5.92 Å². The van der Waals surface area contributed by atoms with E-state index in [4.69, 9.17) is 21.7 Å². The normalized spacial score (nSPS) is 14.3. The second kappa shape index (κ2) is 9.22. The first-order valence-corrected chi connectivity index (χ1v) is 8.59. The molecule has 8 heteroatoms. The number of thiocarbonyl (C=S) groups is 1. The Morgan fingerprint density at radius 1 is 1.04 bits per heavy atom. The number of ether oxygens (including phenoxy) is 2. The Hall–Kier alpha value is -2.35. The molecule has 0 heterocycles. The van der Waals surface area contributed by atoms with Crippen molar-refractivity contribution in [2.75, 3.05) is 14.2 Å². The average Bonchev–Trinajstić information content (AvgIpc) is 2.66. The summed E-state index contributed by atoms with van der Waals surface area (Å²) in [6.45, 7) is 0. The fourth-order valence-electron chi connectivity index (χ4n) is 2.77. The van der Waals surface area contributed by atoms with Crippen molar-refractivity contribution in [3.8, 4) is 11.5 Å². The largest absolute Gasteiger partial charge is 0.493 e. The Kier molecular flexibility index (Phi) is 7.00. The first kappa shape index (κ1) is 19.0. The summed E-state index contributed by atoms with van der Waals surface area (Å²) in [6, 6.07) is 4.79. The summed E-state index contributed by atoms with van der Waals surface area (Å²) in [5, 5.41) is 2.69. The van der Waals surface area contributed by atoms with Crippen molar-refractivity contribution >= 4 is 29.1 Å². The van der Waals surface area contributed by atoms with Crippen LogP contribution in [-0.2, 0) is 4.79 Å². The second-order valence-electron chi connectivity index (χ2n) is 5.80. The maximum atomic E-state index is 12.2. The van der Waals surface area contributed by atoms with Gasteiger partial charge in [0.15, 0.2) is 16.6 Å². The molecule has 0 aromatic heterocycles. The first-order valence-electron chi connectivity index (χ1n) is 8.18. The Balaban J connectivity index is 1.84. The molecule has 136 valence electrons. The van der Waals surface area contributed by atoms with Gasteiger partial charge in [0, 0.05) is 11.5 Å². The maximum absolute atomic E-state index is 12.2. The minimum Gasteiger partial charge on any atom is -0.493 e. The van der Waals surface area contributed by atoms with E-state index in [1.165, 1.54) is 20.6 Å². The fourth-order valence-corrected chi connectivity index (χ4v) is 2.92. The molecular weight excluding hydrogens is 342 g/mol. The highest BCUT2D eigenvalue weighted by Crippen LogP contribution is 2.27. The zero-order valence-electron chi connectivity index (χ0n) is 14.4. The first-order chi connectivity index (χ1) is 12.0. The molecule has 1 aliphatic rings. The Morgan fingerprint density at radius 2 is 1.72 bits per heavy atom. The van der Waals surface area contributed by atoms with Gasteiger partial charge in [-0.1, -0.05) is 19.3 Å². The minimum atomic E-state index is -0.407. The van der Waals surface area contributed by atoms with Gasteiger partial charge >= 0.3 is 0 Å². The lowest BCUT2D eigenvalue weighted by molar-refractivity contribution is -0.124. The summed E-state index contributed by atoms with van der Waals surface area (Å²) in [6.07, 6.45) is 5.06. The van der Waals surface area contributed by atoms with Crippen molar-refractivity contribution in [2.24, 2.45) is 5.92 Å². The summed E-state index contributed by atoms with van der Waals surface area (Å²) in [5.41, 5.74) is 5.37. The van der Waals surface area contributed by atoms with E-state index in [0.29, 0.717) is 17.1 Å². The highest BCUT2D eigenvalue weighted by Gasteiger charge is 2.21. The third kappa shape index (κ3) is 5.32. The minimum absolute atomic E-state index is 0.00458. The molecule has 0 atom stereocenters. The number of carbonyl (C=O) groups excluding carboxylic acids is 2. The van der Waals surface area contributed by atoms with Crippen molar-refractivity contribution in [1.82, 2.24) is 16.2 Å². The van der Waals surface area contributed by atoms with Crippen LogP contribution in [0.3, 0.4) is 0 Å². The molecule has 0 saturated heterocycles. The number of rotatable bonds is 4. The van der Waals surface area contributed by atoms with E-state index in [9.17, 15) is 9.59 Å². The van der Waals surface area contributed by atoms with Crippen molar-refractivity contribution in [3.05, 3.63) is 23.8 Å². The molecule has 0 spiro atoms. The van der Waals surface area contributed by atoms with E-state index < -0.39 is 5.91 Å². The molecule has 1 saturated carbocycles. The molecule has 1 aliphatic carbocycles. The number of methoxy groups -OCH3 is 2. The topological polar surface area (TPSA) is 88.7 Å². The van der Waals surface area contributed by atoms with Crippen LogP contribution in [0.4, 0.5) is 0 Å². The Morgan fingerprint density at radius 3 is 2.36 bits per heavy atom. The van der Waals surface area contributed by atoms with Gasteiger partial charge in [-0.25, -0.2) is 0 Å². The van der Waals surface area contributed by atoms with Gasteiger partial charge in [-0.3, -0.25) is 20.4 Å². The van der Waals surface area contributed by atoms with Crippen LogP contribution in [0.15, 0.2) is 18.2 Å². The summed E-state index contributed by atoms with van der Waals surface area (Å²) >= 11 is 5.05. The lowest BCUT2D eigenvalue weighted by Gasteiger charge is -2.21. The molecule has 7 nitrogen and oxygen atoms in total. The Bertz CT molecular complexity index is 645. The molecule has 0 unspecified atom stereocenters. The number of amides is 2. The number of hydrogen-bond donors (Lipinski definition) is 3. The van der Waals surface area contributed by atoms with Crippen LogP contribution in [-0.4, -0.2) is 31.1 Å². The summed E-state index contributed by atoms with van der Waals surface area (Å²) < 4.78 is 10.3. The summed E-state index contributed by atoms with van der Waals surface area (Å²) in [7, 11) is 3.01. The number of carbonyl (C=O) groups is 2. The average molecular weight is 365 g/mol. The van der Waals surface area contributed by atoms with Gasteiger partial charge in [-0.15, -0.1) is 0 Å². The van der Waals surface area contributed by atoms with Crippen LogP contribution in [0.1, 0.15) is 42.5 Å². The third-order valence-corrected chi connectivity index (χ3v) is 4.35. The van der Waals surface area contributed by atoms with E-state index in [0.717, 1.165) is 25.7 Å². The number of benzene rings is 1. The SMILES string of the molecule is COc1ccc(C(=O)NNC(=S)NC(=O)C2CCCCC2)cc1OC. The highest BCUT2D eigenvalue weighted by atomic mass is 32.1. The molecule has 1 fully saturated rings. The van der Waals surface area contributed by atoms with E-state index in [-0.39, 0.29) is 16.9 Å². The molecule has 1 aromatic carbocycles. The second-order valence-corrected chi connectivity index (χ2v) is 6.21. The molecule has 0 aliphatic heterocycles. The zero-order valence-corrected chi connectivity index (χ0v) is 15.2. The van der Waals surface area contributed by atoms with Gasteiger partial charge in [0.1, 0.15) is 0 Å². The molecule has 1 aromatic rings. The van der Waals surface area contributed by atoms with Gasteiger partial charge in [-0.05, 0) is 43.3 Å². The zero-order chi connectivity index (χ0) is 18.2. The van der Waals surface area contributed by atoms with Crippen LogP contribution >= 0.6 is 12.2 Å². The fraction of sp³-hybridized carbons (Fsp3) is 0.471.